The fraction of sp³-hybridized carbons (Fsp3) is 0.316. The standard InChI is InChI=1S/C19H22O5/c1-3-18(23-15-7-5-4-6-8-15)24-16-11-9-14(10-12-16)13-17(22-2)19(20)21/h4-12,17-18H,3,13H2,1-2H3,(H,20,21)/t17-,18-/m0/s1. The van der Waals surface area contributed by atoms with Gasteiger partial charge in [0, 0.05) is 20.0 Å². The van der Waals surface area contributed by atoms with Gasteiger partial charge in [-0.15, -0.1) is 0 Å². The molecular weight excluding hydrogens is 308 g/mol. The Morgan fingerprint density at radius 1 is 1.00 bits per heavy atom. The predicted molar refractivity (Wildman–Crippen MR) is 90.4 cm³/mol. The van der Waals surface area contributed by atoms with E-state index in [1.807, 2.05) is 49.4 Å². The van der Waals surface area contributed by atoms with Crippen LogP contribution in [0.3, 0.4) is 0 Å². The quantitative estimate of drug-likeness (QED) is 0.713. The van der Waals surface area contributed by atoms with Gasteiger partial charge in [-0.1, -0.05) is 37.3 Å². The molecule has 0 bridgehead atoms. The summed E-state index contributed by atoms with van der Waals surface area (Å²) in [5.74, 6) is 0.455. The van der Waals surface area contributed by atoms with Gasteiger partial charge in [0.15, 0.2) is 6.10 Å². The number of para-hydroxylation sites is 1. The Bertz CT molecular complexity index is 624. The summed E-state index contributed by atoms with van der Waals surface area (Å²) in [6.07, 6.45) is -0.226. The van der Waals surface area contributed by atoms with E-state index in [1.54, 1.807) is 12.1 Å². The predicted octanol–water partition coefficient (Wildman–Crippen LogP) is 3.52. The third-order valence-electron chi connectivity index (χ3n) is 3.52. The van der Waals surface area contributed by atoms with Crippen LogP contribution in [0, 0.1) is 0 Å². The molecule has 0 aliphatic rings. The van der Waals surface area contributed by atoms with E-state index in [-0.39, 0.29) is 6.29 Å². The molecule has 0 amide bonds. The van der Waals surface area contributed by atoms with E-state index in [0.717, 1.165) is 11.3 Å². The summed E-state index contributed by atoms with van der Waals surface area (Å²) in [5.41, 5.74) is 0.869. The Kier molecular flexibility index (Phi) is 6.63. The normalized spacial score (nSPS) is 13.1. The molecule has 2 aromatic carbocycles. The number of carbonyl (C=O) groups is 1. The van der Waals surface area contributed by atoms with E-state index >= 15 is 0 Å². The van der Waals surface area contributed by atoms with Crippen LogP contribution in [0.15, 0.2) is 54.6 Å². The van der Waals surface area contributed by atoms with Gasteiger partial charge in [0.05, 0.1) is 0 Å². The molecule has 1 N–H and O–H groups in total. The summed E-state index contributed by atoms with van der Waals surface area (Å²) in [5, 5.41) is 9.01. The molecule has 0 spiro atoms. The second kappa shape index (κ2) is 8.93. The van der Waals surface area contributed by atoms with Crippen molar-refractivity contribution in [1.29, 1.82) is 0 Å². The number of carboxylic acids is 1. The van der Waals surface area contributed by atoms with Crippen LogP contribution in [0.5, 0.6) is 11.5 Å². The van der Waals surface area contributed by atoms with Crippen molar-refractivity contribution in [2.24, 2.45) is 0 Å². The molecule has 5 heteroatoms. The Morgan fingerprint density at radius 3 is 2.08 bits per heavy atom. The molecule has 2 aromatic rings. The first-order valence-corrected chi connectivity index (χ1v) is 7.85. The van der Waals surface area contributed by atoms with Gasteiger partial charge >= 0.3 is 5.97 Å². The summed E-state index contributed by atoms with van der Waals surface area (Å²) in [6, 6.07) is 16.8. The monoisotopic (exact) mass is 330 g/mol. The Hall–Kier alpha value is -2.53. The average molecular weight is 330 g/mol. The van der Waals surface area contributed by atoms with Crippen LogP contribution >= 0.6 is 0 Å². The lowest BCUT2D eigenvalue weighted by molar-refractivity contribution is -0.148. The van der Waals surface area contributed by atoms with Crippen LogP contribution in [-0.2, 0) is 16.0 Å². The Balaban J connectivity index is 1.95. The van der Waals surface area contributed by atoms with E-state index in [1.165, 1.54) is 7.11 Å². The van der Waals surface area contributed by atoms with Crippen LogP contribution in [0.4, 0.5) is 0 Å². The number of aliphatic carboxylic acids is 1. The molecule has 0 aliphatic carbocycles. The fourth-order valence-electron chi connectivity index (χ4n) is 2.18. The molecule has 5 nitrogen and oxygen atoms in total. The van der Waals surface area contributed by atoms with E-state index in [9.17, 15) is 4.79 Å². The molecule has 0 unspecified atom stereocenters. The zero-order valence-electron chi connectivity index (χ0n) is 13.8. The molecule has 2 rings (SSSR count). The summed E-state index contributed by atoms with van der Waals surface area (Å²) in [4.78, 5) is 11.0. The maximum Gasteiger partial charge on any atom is 0.333 e. The minimum absolute atomic E-state index is 0.309. The molecule has 0 radical (unpaired) electrons. The first kappa shape index (κ1) is 17.8. The van der Waals surface area contributed by atoms with Crippen LogP contribution in [0.25, 0.3) is 0 Å². The number of ether oxygens (including phenoxy) is 3. The lowest BCUT2D eigenvalue weighted by Gasteiger charge is -2.19. The molecule has 128 valence electrons. The molecule has 2 atom stereocenters. The highest BCUT2D eigenvalue weighted by Crippen LogP contribution is 2.19. The van der Waals surface area contributed by atoms with Crippen LogP contribution in [0.2, 0.25) is 0 Å². The van der Waals surface area contributed by atoms with Crippen molar-refractivity contribution in [2.75, 3.05) is 7.11 Å². The summed E-state index contributed by atoms with van der Waals surface area (Å²) < 4.78 is 16.6. The van der Waals surface area contributed by atoms with Crippen molar-refractivity contribution >= 4 is 5.97 Å². The highest BCUT2D eigenvalue weighted by Gasteiger charge is 2.17. The van der Waals surface area contributed by atoms with Gasteiger partial charge in [0.2, 0.25) is 6.29 Å². The van der Waals surface area contributed by atoms with Crippen LogP contribution in [0.1, 0.15) is 18.9 Å². The Labute approximate surface area is 141 Å². The van der Waals surface area contributed by atoms with Crippen molar-refractivity contribution in [3.8, 4) is 11.5 Å². The molecular formula is C19H22O5. The molecule has 0 saturated heterocycles. The van der Waals surface area contributed by atoms with Crippen molar-refractivity contribution in [3.05, 3.63) is 60.2 Å². The second-order valence-corrected chi connectivity index (χ2v) is 5.30. The summed E-state index contributed by atoms with van der Waals surface area (Å²) in [7, 11) is 1.39. The van der Waals surface area contributed by atoms with Crippen LogP contribution < -0.4 is 9.47 Å². The average Bonchev–Trinajstić information content (AvgIpc) is 2.61. The SMILES string of the molecule is CC[C@@H](Oc1ccccc1)Oc1ccc(C[C@H](OC)C(=O)O)cc1. The van der Waals surface area contributed by atoms with Gasteiger partial charge in [-0.05, 0) is 29.8 Å². The number of carboxylic acid groups (broad SMARTS) is 1. The third kappa shape index (κ3) is 5.28. The maximum absolute atomic E-state index is 11.0. The van der Waals surface area contributed by atoms with E-state index < -0.39 is 12.1 Å². The van der Waals surface area contributed by atoms with Gasteiger partial charge in [-0.3, -0.25) is 0 Å². The smallest absolute Gasteiger partial charge is 0.333 e. The van der Waals surface area contributed by atoms with Gasteiger partial charge in [-0.25, -0.2) is 4.79 Å². The molecule has 0 fully saturated rings. The number of hydrogen-bond acceptors (Lipinski definition) is 4. The molecule has 0 saturated carbocycles. The molecule has 0 heterocycles. The topological polar surface area (TPSA) is 65.0 Å². The molecule has 0 aromatic heterocycles. The second-order valence-electron chi connectivity index (χ2n) is 5.30. The van der Waals surface area contributed by atoms with Crippen LogP contribution in [-0.4, -0.2) is 30.6 Å². The van der Waals surface area contributed by atoms with Gasteiger partial charge in [-0.2, -0.15) is 0 Å². The minimum Gasteiger partial charge on any atom is -0.479 e. The van der Waals surface area contributed by atoms with Gasteiger partial charge in [0.25, 0.3) is 0 Å². The number of benzene rings is 2. The zero-order valence-corrected chi connectivity index (χ0v) is 13.8. The largest absolute Gasteiger partial charge is 0.479 e. The van der Waals surface area contributed by atoms with Gasteiger partial charge in [0.1, 0.15) is 11.5 Å². The first-order chi connectivity index (χ1) is 11.6. The first-order valence-electron chi connectivity index (χ1n) is 7.85. The lowest BCUT2D eigenvalue weighted by Crippen LogP contribution is -2.25. The minimum atomic E-state index is -0.972. The highest BCUT2D eigenvalue weighted by molar-refractivity contribution is 5.72. The fourth-order valence-corrected chi connectivity index (χ4v) is 2.18. The summed E-state index contributed by atoms with van der Waals surface area (Å²) >= 11 is 0. The lowest BCUT2D eigenvalue weighted by atomic mass is 10.1. The third-order valence-corrected chi connectivity index (χ3v) is 3.52. The number of methoxy groups -OCH3 is 1. The van der Waals surface area contributed by atoms with Crippen molar-refractivity contribution < 1.29 is 24.1 Å². The van der Waals surface area contributed by atoms with Gasteiger partial charge < -0.3 is 19.3 Å². The van der Waals surface area contributed by atoms with E-state index in [2.05, 4.69) is 0 Å². The molecule has 24 heavy (non-hydrogen) atoms. The highest BCUT2D eigenvalue weighted by atomic mass is 16.7. The van der Waals surface area contributed by atoms with Crippen molar-refractivity contribution in [3.63, 3.8) is 0 Å². The number of hydrogen-bond donors (Lipinski definition) is 1. The Morgan fingerprint density at radius 2 is 1.58 bits per heavy atom. The number of rotatable bonds is 9. The maximum atomic E-state index is 11.0. The van der Waals surface area contributed by atoms with E-state index in [4.69, 9.17) is 19.3 Å². The van der Waals surface area contributed by atoms with E-state index in [0.29, 0.717) is 18.6 Å². The van der Waals surface area contributed by atoms with Crippen molar-refractivity contribution in [2.45, 2.75) is 32.2 Å². The zero-order chi connectivity index (χ0) is 17.4. The summed E-state index contributed by atoms with van der Waals surface area (Å²) in [6.45, 7) is 1.98. The van der Waals surface area contributed by atoms with Crippen molar-refractivity contribution in [1.82, 2.24) is 0 Å². The molecule has 0 aliphatic heterocycles.